The predicted molar refractivity (Wildman–Crippen MR) is 420 cm³/mol. The second-order valence-corrected chi connectivity index (χ2v) is 32.1. The monoisotopic (exact) mass is 1500 g/mol. The summed E-state index contributed by atoms with van der Waals surface area (Å²) in [4.78, 5) is 13.5. The van der Waals surface area contributed by atoms with Gasteiger partial charge in [-0.2, -0.15) is 0 Å². The molecule has 0 aromatic rings. The van der Waals surface area contributed by atoms with Crippen molar-refractivity contribution in [2.45, 2.75) is 503 Å². The summed E-state index contributed by atoms with van der Waals surface area (Å²) in [6.07, 6.45) is 55.2. The molecule has 3 aliphatic rings. The molecule has 19 nitrogen and oxygen atoms in total. The number of aliphatic hydroxyl groups excluding tert-OH is 11. The summed E-state index contributed by atoms with van der Waals surface area (Å²) in [5.74, 6) is -0.265. The van der Waals surface area contributed by atoms with Gasteiger partial charge < -0.3 is 89.9 Å². The van der Waals surface area contributed by atoms with Gasteiger partial charge >= 0.3 is 0 Å². The van der Waals surface area contributed by atoms with Crippen LogP contribution in [0.5, 0.6) is 0 Å². The first kappa shape index (κ1) is 97.7. The van der Waals surface area contributed by atoms with Gasteiger partial charge in [0.1, 0.15) is 73.2 Å². The Balaban J connectivity index is 1.30. The lowest BCUT2D eigenvalue weighted by Crippen LogP contribution is -2.66. The summed E-state index contributed by atoms with van der Waals surface area (Å²) in [6, 6.07) is -0.971. The first-order valence-electron chi connectivity index (χ1n) is 44.4. The Labute approximate surface area is 639 Å². The molecule has 0 spiro atoms. The third-order valence-corrected chi connectivity index (χ3v) is 22.6. The molecule has 3 aliphatic heterocycles. The van der Waals surface area contributed by atoms with Crippen LogP contribution in [0, 0.1) is 0 Å². The maximum Gasteiger partial charge on any atom is 0.220 e. The van der Waals surface area contributed by atoms with Crippen LogP contribution in [0.4, 0.5) is 0 Å². The van der Waals surface area contributed by atoms with E-state index in [1.165, 1.54) is 327 Å². The summed E-state index contributed by atoms with van der Waals surface area (Å²) >= 11 is 0. The Hall–Kier alpha value is -1.47. The lowest BCUT2D eigenvalue weighted by molar-refractivity contribution is -0.379. The normalized spacial score (nSPS) is 25.7. The van der Waals surface area contributed by atoms with Crippen molar-refractivity contribution in [3.63, 3.8) is 0 Å². The van der Waals surface area contributed by atoms with Gasteiger partial charge in [0, 0.05) is 6.42 Å². The molecule has 0 saturated carbocycles. The van der Waals surface area contributed by atoms with Crippen molar-refractivity contribution < 1.29 is 89.4 Å². The van der Waals surface area contributed by atoms with Crippen LogP contribution >= 0.6 is 0 Å². The quantitative estimate of drug-likeness (QED) is 0.0199. The van der Waals surface area contributed by atoms with Crippen molar-refractivity contribution in [1.29, 1.82) is 0 Å². The van der Waals surface area contributed by atoms with Crippen LogP contribution in [0.15, 0.2) is 12.2 Å². The predicted octanol–water partition coefficient (Wildman–Crippen LogP) is 16.3. The zero-order valence-corrected chi connectivity index (χ0v) is 67.0. The zero-order valence-electron chi connectivity index (χ0n) is 67.0. The summed E-state index contributed by atoms with van der Waals surface area (Å²) in [5, 5.41) is 121. The van der Waals surface area contributed by atoms with Crippen LogP contribution in [-0.2, 0) is 33.2 Å². The number of carbonyl (C=O) groups excluding carboxylic acids is 1. The number of amides is 1. The Morgan fingerprint density at radius 1 is 0.333 bits per heavy atom. The van der Waals surface area contributed by atoms with Crippen molar-refractivity contribution in [2.75, 3.05) is 26.4 Å². The number of hydrogen-bond donors (Lipinski definition) is 12. The van der Waals surface area contributed by atoms with Crippen LogP contribution in [-0.4, -0.2) is 193 Å². The first-order chi connectivity index (χ1) is 51.3. The third-order valence-electron chi connectivity index (χ3n) is 22.6. The van der Waals surface area contributed by atoms with Crippen molar-refractivity contribution in [1.82, 2.24) is 5.32 Å². The van der Waals surface area contributed by atoms with Gasteiger partial charge in [0.05, 0.1) is 38.6 Å². The highest BCUT2D eigenvalue weighted by Gasteiger charge is 2.54. The lowest BCUT2D eigenvalue weighted by Gasteiger charge is -2.48. The second kappa shape index (κ2) is 67.1. The molecule has 0 radical (unpaired) electrons. The zero-order chi connectivity index (χ0) is 76.0. The van der Waals surface area contributed by atoms with E-state index in [1.54, 1.807) is 6.08 Å². The van der Waals surface area contributed by atoms with Crippen molar-refractivity contribution in [2.24, 2.45) is 0 Å². The number of rotatable bonds is 73. The molecule has 105 heavy (non-hydrogen) atoms. The molecule has 17 unspecified atom stereocenters. The van der Waals surface area contributed by atoms with Crippen LogP contribution in [0.3, 0.4) is 0 Å². The molecule has 1 amide bonds. The fourth-order valence-corrected chi connectivity index (χ4v) is 15.5. The molecular weight excluding hydrogens is 1330 g/mol. The molecule has 0 bridgehead atoms. The molecule has 0 aliphatic carbocycles. The van der Waals surface area contributed by atoms with Gasteiger partial charge in [-0.15, -0.1) is 0 Å². The van der Waals surface area contributed by atoms with E-state index in [-0.39, 0.29) is 18.9 Å². The fraction of sp³-hybridized carbons (Fsp3) is 0.965. The number of aliphatic hydroxyl groups is 11. The van der Waals surface area contributed by atoms with Gasteiger partial charge in [-0.05, 0) is 19.3 Å². The largest absolute Gasteiger partial charge is 0.394 e. The van der Waals surface area contributed by atoms with E-state index in [0.717, 1.165) is 44.9 Å². The van der Waals surface area contributed by atoms with Crippen LogP contribution < -0.4 is 5.32 Å². The van der Waals surface area contributed by atoms with Crippen LogP contribution in [0.1, 0.15) is 399 Å². The minimum atomic E-state index is -1.98. The molecule has 3 heterocycles. The van der Waals surface area contributed by atoms with E-state index < -0.39 is 124 Å². The summed E-state index contributed by atoms with van der Waals surface area (Å²) in [6.45, 7) is 1.81. The minimum absolute atomic E-state index is 0.250. The third kappa shape index (κ3) is 46.3. The van der Waals surface area contributed by atoms with Gasteiger partial charge in [-0.1, -0.05) is 386 Å². The average Bonchev–Trinajstić information content (AvgIpc) is 0.778. The number of carbonyl (C=O) groups is 1. The second-order valence-electron chi connectivity index (χ2n) is 32.1. The van der Waals surface area contributed by atoms with Gasteiger partial charge in [0.2, 0.25) is 5.91 Å². The maximum atomic E-state index is 13.5. The van der Waals surface area contributed by atoms with Crippen LogP contribution in [0.25, 0.3) is 0 Å². The Morgan fingerprint density at radius 2 is 0.590 bits per heavy atom. The Kier molecular flexibility index (Phi) is 62.4. The molecule has 17 atom stereocenters. The molecule has 3 fully saturated rings. The van der Waals surface area contributed by atoms with Gasteiger partial charge in [0.25, 0.3) is 0 Å². The highest BCUT2D eigenvalue weighted by molar-refractivity contribution is 5.76. The number of hydrogen-bond acceptors (Lipinski definition) is 18. The molecule has 0 aromatic carbocycles. The van der Waals surface area contributed by atoms with E-state index in [4.69, 9.17) is 28.4 Å². The number of ether oxygens (including phenoxy) is 6. The Bertz CT molecular complexity index is 1940. The molecule has 622 valence electrons. The van der Waals surface area contributed by atoms with Crippen molar-refractivity contribution >= 4 is 5.91 Å². The summed E-state index contributed by atoms with van der Waals surface area (Å²) < 4.78 is 34.5. The van der Waals surface area contributed by atoms with E-state index in [0.29, 0.717) is 6.42 Å². The smallest absolute Gasteiger partial charge is 0.220 e. The molecule has 3 saturated heterocycles. The van der Waals surface area contributed by atoms with E-state index >= 15 is 0 Å². The minimum Gasteiger partial charge on any atom is -0.394 e. The topological polar surface area (TPSA) is 307 Å². The van der Waals surface area contributed by atoms with E-state index in [9.17, 15) is 61.0 Å². The van der Waals surface area contributed by atoms with Crippen LogP contribution in [0.2, 0.25) is 0 Å². The number of nitrogens with one attached hydrogen (secondary N) is 1. The van der Waals surface area contributed by atoms with E-state index in [2.05, 4.69) is 19.2 Å². The standard InChI is InChI=1S/C86H165NO18/c1-3-5-7-9-11-13-15-17-19-21-23-25-27-28-29-30-31-32-33-34-35-36-37-38-39-40-41-42-44-46-48-50-52-54-56-58-60-62-64-74(92)87-69(70(91)63-61-59-57-55-53-51-49-47-45-43-26-24-22-20-18-16-14-12-10-8-6-4-2)68-100-84-80(98)77(95)82(72(66-89)102-84)105-86-81(99)78(96)83(73(67-90)103-86)104-85-79(97)76(94)75(93)71(65-88)101-85/h61,63,69-73,75-86,88-91,93-99H,3-60,62,64-68H2,1-2H3,(H,87,92)/b63-61+. The number of allylic oxidation sites excluding steroid dienone is 1. The molecule has 0 aromatic heterocycles. The maximum absolute atomic E-state index is 13.5. The van der Waals surface area contributed by atoms with Crippen molar-refractivity contribution in [3.05, 3.63) is 12.2 Å². The number of unbranched alkanes of at least 4 members (excludes halogenated alkanes) is 57. The molecular formula is C86H165NO18. The first-order valence-corrected chi connectivity index (χ1v) is 44.4. The molecule has 19 heteroatoms. The van der Waals surface area contributed by atoms with Gasteiger partial charge in [0.15, 0.2) is 18.9 Å². The fourth-order valence-electron chi connectivity index (χ4n) is 15.5. The summed E-state index contributed by atoms with van der Waals surface area (Å²) in [7, 11) is 0. The Morgan fingerprint density at radius 3 is 0.895 bits per heavy atom. The summed E-state index contributed by atoms with van der Waals surface area (Å²) in [5.41, 5.74) is 0. The van der Waals surface area contributed by atoms with Crippen molar-refractivity contribution in [3.8, 4) is 0 Å². The highest BCUT2D eigenvalue weighted by Crippen LogP contribution is 2.34. The van der Waals surface area contributed by atoms with Gasteiger partial charge in [-0.25, -0.2) is 0 Å². The lowest BCUT2D eigenvalue weighted by atomic mass is 9.96. The SMILES string of the molecule is CCCCCCCCCCCCCCCCCCCCCC/C=C/C(O)C(COC1OC(CO)C(OC2OC(CO)C(OC3OC(CO)C(O)C(O)C3O)C(O)C2O)C(O)C1O)NC(=O)CCCCCCCCCCCCCCCCCCCCCCCCCCCCCCCCCCCCCCCC. The highest BCUT2D eigenvalue weighted by atomic mass is 16.8. The molecule has 3 rings (SSSR count). The van der Waals surface area contributed by atoms with Gasteiger partial charge in [-0.3, -0.25) is 4.79 Å². The van der Waals surface area contributed by atoms with E-state index in [1.807, 2.05) is 6.08 Å². The molecule has 12 N–H and O–H groups in total. The average molecular weight is 1500 g/mol.